The van der Waals surface area contributed by atoms with E-state index in [1.165, 1.54) is 12.1 Å². The van der Waals surface area contributed by atoms with Crippen LogP contribution in [-0.2, 0) is 30.5 Å². The SMILES string of the molecule is CCC(=O)NCCNC(=O)NC(N)=NCCC[C@@H](NC(=O)C(c1ccccc1)c1ccc(NCC(=O)N(C)CCCN(C)CCCN(C)C(=O)OC(C)(C)C)cc1)C(=O)NCc1ccc(O)cc1. The smallest absolute Gasteiger partial charge is 0.410 e. The van der Waals surface area contributed by atoms with E-state index >= 15 is 0 Å². The Morgan fingerprint density at radius 3 is 2.00 bits per heavy atom. The van der Waals surface area contributed by atoms with Crippen LogP contribution in [0.2, 0.25) is 0 Å². The van der Waals surface area contributed by atoms with Crippen molar-refractivity contribution in [1.82, 2.24) is 41.3 Å². The van der Waals surface area contributed by atoms with E-state index in [4.69, 9.17) is 10.5 Å². The van der Waals surface area contributed by atoms with Crippen molar-refractivity contribution in [3.05, 3.63) is 95.6 Å². The first kappa shape index (κ1) is 55.4. The van der Waals surface area contributed by atoms with Crippen LogP contribution in [0.4, 0.5) is 15.3 Å². The van der Waals surface area contributed by atoms with Gasteiger partial charge < -0.3 is 56.9 Å². The summed E-state index contributed by atoms with van der Waals surface area (Å²) in [6.07, 6.45) is 2.08. The fourth-order valence-electron chi connectivity index (χ4n) is 6.72. The van der Waals surface area contributed by atoms with Gasteiger partial charge in [-0.25, -0.2) is 9.59 Å². The molecule has 7 amide bonds. The molecule has 0 aliphatic carbocycles. The minimum Gasteiger partial charge on any atom is -0.508 e. The lowest BCUT2D eigenvalue weighted by atomic mass is 9.90. The lowest BCUT2D eigenvalue weighted by Crippen LogP contribution is -2.48. The zero-order valence-electron chi connectivity index (χ0n) is 40.7. The van der Waals surface area contributed by atoms with Gasteiger partial charge in [0.25, 0.3) is 0 Å². The van der Waals surface area contributed by atoms with Gasteiger partial charge >= 0.3 is 12.1 Å². The van der Waals surface area contributed by atoms with Crippen LogP contribution >= 0.6 is 0 Å². The molecule has 19 heteroatoms. The predicted molar refractivity (Wildman–Crippen MR) is 264 cm³/mol. The Balaban J connectivity index is 1.60. The molecule has 19 nitrogen and oxygen atoms in total. The number of aliphatic imine (C=N–C) groups is 1. The van der Waals surface area contributed by atoms with E-state index in [0.717, 1.165) is 31.5 Å². The van der Waals surface area contributed by atoms with Crippen molar-refractivity contribution in [2.24, 2.45) is 10.7 Å². The predicted octanol–water partition coefficient (Wildman–Crippen LogP) is 3.69. The molecule has 0 bridgehead atoms. The number of hydrogen-bond donors (Lipinski definition) is 8. The third-order valence-corrected chi connectivity index (χ3v) is 10.5. The maximum atomic E-state index is 14.3. The number of likely N-dealkylation sites (N-methyl/N-ethyl adjacent to an activating group) is 1. The normalized spacial score (nSPS) is 12.3. The topological polar surface area (TPSA) is 252 Å². The van der Waals surface area contributed by atoms with Gasteiger partial charge in [0, 0.05) is 65.5 Å². The van der Waals surface area contributed by atoms with Gasteiger partial charge in [-0.05, 0) is 108 Å². The van der Waals surface area contributed by atoms with E-state index in [1.54, 1.807) is 43.0 Å². The number of benzene rings is 3. The molecule has 0 radical (unpaired) electrons. The zero-order valence-corrected chi connectivity index (χ0v) is 40.7. The Bertz CT molecular complexity index is 2080. The summed E-state index contributed by atoms with van der Waals surface area (Å²) in [6.45, 7) is 10.8. The Morgan fingerprint density at radius 2 is 1.37 bits per heavy atom. The fraction of sp³-hybridized carbons (Fsp3) is 0.490. The molecular formula is C49H73N11O8. The molecule has 1 unspecified atom stereocenters. The van der Waals surface area contributed by atoms with Crippen LogP contribution in [0.25, 0.3) is 0 Å². The number of carbonyl (C=O) groups excluding carboxylic acids is 6. The molecule has 3 aromatic rings. The highest BCUT2D eigenvalue weighted by molar-refractivity contribution is 5.95. The number of phenols is 1. The van der Waals surface area contributed by atoms with Gasteiger partial charge in [-0.2, -0.15) is 0 Å². The number of nitrogens with zero attached hydrogens (tertiary/aromatic N) is 4. The summed E-state index contributed by atoms with van der Waals surface area (Å²) >= 11 is 0. The van der Waals surface area contributed by atoms with Gasteiger partial charge in [0.1, 0.15) is 17.4 Å². The number of nitrogens with two attached hydrogens (primary N) is 1. The van der Waals surface area contributed by atoms with Crippen molar-refractivity contribution >= 4 is 47.4 Å². The minimum absolute atomic E-state index is 0.0746. The number of hydrogen-bond acceptors (Lipinski definition) is 11. The van der Waals surface area contributed by atoms with Crippen molar-refractivity contribution in [2.45, 2.75) is 83.9 Å². The molecule has 68 heavy (non-hydrogen) atoms. The molecule has 0 aliphatic heterocycles. The van der Waals surface area contributed by atoms with Crippen LogP contribution < -0.4 is 37.6 Å². The highest BCUT2D eigenvalue weighted by Gasteiger charge is 2.28. The van der Waals surface area contributed by atoms with Gasteiger partial charge in [-0.1, -0.05) is 61.5 Å². The number of aromatic hydroxyl groups is 1. The van der Waals surface area contributed by atoms with Crippen molar-refractivity contribution in [2.75, 3.05) is 78.8 Å². The van der Waals surface area contributed by atoms with E-state index in [0.29, 0.717) is 42.7 Å². The van der Waals surface area contributed by atoms with E-state index in [1.807, 2.05) is 82.4 Å². The summed E-state index contributed by atoms with van der Waals surface area (Å²) in [5, 5.41) is 26.4. The molecule has 0 aromatic heterocycles. The molecule has 0 saturated heterocycles. The van der Waals surface area contributed by atoms with Gasteiger partial charge in [-0.3, -0.25) is 29.5 Å². The van der Waals surface area contributed by atoms with E-state index < -0.39 is 35.4 Å². The molecule has 2 atom stereocenters. The highest BCUT2D eigenvalue weighted by Crippen LogP contribution is 2.27. The summed E-state index contributed by atoms with van der Waals surface area (Å²) in [7, 11) is 5.52. The van der Waals surface area contributed by atoms with Crippen LogP contribution in [0.3, 0.4) is 0 Å². The summed E-state index contributed by atoms with van der Waals surface area (Å²) < 4.78 is 5.41. The Morgan fingerprint density at radius 1 is 0.750 bits per heavy atom. The summed E-state index contributed by atoms with van der Waals surface area (Å²) in [4.78, 5) is 86.5. The second-order valence-electron chi connectivity index (χ2n) is 17.5. The Hall–Kier alpha value is -6.89. The van der Waals surface area contributed by atoms with Crippen molar-refractivity contribution in [1.29, 1.82) is 0 Å². The fourth-order valence-corrected chi connectivity index (χ4v) is 6.72. The monoisotopic (exact) mass is 944 g/mol. The first-order valence-electron chi connectivity index (χ1n) is 23.1. The van der Waals surface area contributed by atoms with Gasteiger partial charge in [-0.15, -0.1) is 0 Å². The lowest BCUT2D eigenvalue weighted by molar-refractivity contribution is -0.129. The second-order valence-corrected chi connectivity index (χ2v) is 17.5. The first-order valence-corrected chi connectivity index (χ1v) is 23.1. The summed E-state index contributed by atoms with van der Waals surface area (Å²) in [5.41, 5.74) is 8.20. The molecule has 3 aromatic carbocycles. The number of amides is 7. The zero-order chi connectivity index (χ0) is 50.1. The van der Waals surface area contributed by atoms with Gasteiger partial charge in [0.2, 0.25) is 23.6 Å². The summed E-state index contributed by atoms with van der Waals surface area (Å²) in [6, 6.07) is 21.3. The van der Waals surface area contributed by atoms with Crippen LogP contribution in [-0.4, -0.2) is 147 Å². The number of guanidine groups is 1. The first-order chi connectivity index (χ1) is 32.3. The van der Waals surface area contributed by atoms with Gasteiger partial charge in [0.15, 0.2) is 5.96 Å². The average molecular weight is 944 g/mol. The number of anilines is 1. The third kappa shape index (κ3) is 21.6. The van der Waals surface area contributed by atoms with Crippen molar-refractivity contribution in [3.8, 4) is 5.75 Å². The molecule has 0 fully saturated rings. The molecule has 372 valence electrons. The standard InChI is InChI=1S/C49H73N11O8/c1-8-41(62)51-27-28-53-47(66)57-46(50)52-26-12-17-40(44(64)55-33-35-18-24-39(61)25-19-35)56-45(65)43(36-15-10-9-11-16-36)37-20-22-38(23-21-37)54-34-42(63)59(6)31-13-29-58(5)30-14-32-60(7)48(67)68-49(2,3)4/h9-11,15-16,18-25,40,43,54,61H,8,12-14,17,26-34H2,1-7H3,(H,51,62)(H,55,64)(H,56,65)(H4,50,52,53,57,66)/t40-,43?/m1/s1. The van der Waals surface area contributed by atoms with E-state index in [9.17, 15) is 33.9 Å². The molecule has 0 spiro atoms. The van der Waals surface area contributed by atoms with Crippen LogP contribution in [0.15, 0.2) is 83.9 Å². The number of rotatable bonds is 26. The van der Waals surface area contributed by atoms with E-state index in [2.05, 4.69) is 41.8 Å². The van der Waals surface area contributed by atoms with Crippen molar-refractivity contribution in [3.63, 3.8) is 0 Å². The molecule has 0 aliphatic rings. The minimum atomic E-state index is -0.973. The second kappa shape index (κ2) is 29.0. The quantitative estimate of drug-likeness (QED) is 0.0327. The summed E-state index contributed by atoms with van der Waals surface area (Å²) in [5.74, 6) is -1.87. The third-order valence-electron chi connectivity index (χ3n) is 10.5. The van der Waals surface area contributed by atoms with Crippen LogP contribution in [0.1, 0.15) is 82.4 Å². The average Bonchev–Trinajstić information content (AvgIpc) is 3.30. The largest absolute Gasteiger partial charge is 0.508 e. The number of ether oxygens (including phenoxy) is 1. The number of urea groups is 1. The van der Waals surface area contributed by atoms with Gasteiger partial charge in [0.05, 0.1) is 12.5 Å². The Kier molecular flexibility index (Phi) is 23.6. The molecular weight excluding hydrogens is 871 g/mol. The molecule has 3 rings (SSSR count). The lowest BCUT2D eigenvalue weighted by Gasteiger charge is -2.25. The van der Waals surface area contributed by atoms with Crippen molar-refractivity contribution < 1.29 is 38.6 Å². The number of carbonyl (C=O) groups is 6. The van der Waals surface area contributed by atoms with E-state index in [-0.39, 0.29) is 68.8 Å². The molecule has 0 saturated carbocycles. The maximum absolute atomic E-state index is 14.3. The van der Waals surface area contributed by atoms with Crippen LogP contribution in [0, 0.1) is 0 Å². The Labute approximate surface area is 401 Å². The molecule has 9 N–H and O–H groups in total. The highest BCUT2D eigenvalue weighted by atomic mass is 16.6. The maximum Gasteiger partial charge on any atom is 0.410 e. The number of phenolic OH excluding ortho intramolecular Hbond substituents is 1. The molecule has 0 heterocycles. The number of nitrogens with one attached hydrogen (secondary N) is 6. The van der Waals surface area contributed by atoms with Crippen LogP contribution in [0.5, 0.6) is 5.75 Å².